The third kappa shape index (κ3) is 5.17. The molecule has 0 bridgehead atoms. The Morgan fingerprint density at radius 3 is 2.92 bits per heavy atom. The van der Waals surface area contributed by atoms with Gasteiger partial charge in [-0.25, -0.2) is 0 Å². The van der Waals surface area contributed by atoms with E-state index in [2.05, 4.69) is 36.8 Å². The zero-order valence-corrected chi connectivity index (χ0v) is 9.36. The molecule has 0 fully saturated rings. The van der Waals surface area contributed by atoms with Crippen molar-refractivity contribution in [3.63, 3.8) is 0 Å². The van der Waals surface area contributed by atoms with E-state index in [9.17, 15) is 0 Å². The first-order chi connectivity index (χ1) is 6.29. The summed E-state index contributed by atoms with van der Waals surface area (Å²) in [6.07, 6.45) is 9.28. The van der Waals surface area contributed by atoms with Gasteiger partial charge in [-0.1, -0.05) is 44.0 Å². The maximum Gasteiger partial charge on any atom is 0.0327 e. The van der Waals surface area contributed by atoms with Crippen molar-refractivity contribution >= 4 is 11.9 Å². The van der Waals surface area contributed by atoms with Crippen LogP contribution in [0, 0.1) is 5.92 Å². The molecule has 0 heterocycles. The van der Waals surface area contributed by atoms with E-state index in [4.69, 9.17) is 0 Å². The van der Waals surface area contributed by atoms with E-state index in [0.29, 0.717) is 0 Å². The van der Waals surface area contributed by atoms with Crippen molar-refractivity contribution in [1.82, 2.24) is 4.72 Å². The second kappa shape index (κ2) is 6.28. The molecule has 0 aromatic heterocycles. The minimum Gasteiger partial charge on any atom is -0.264 e. The summed E-state index contributed by atoms with van der Waals surface area (Å²) in [5, 5.41) is 0. The topological polar surface area (TPSA) is 12.0 Å². The molecule has 13 heavy (non-hydrogen) atoms. The largest absolute Gasteiger partial charge is 0.264 e. The third-order valence-corrected chi connectivity index (χ3v) is 2.75. The standard InChI is InChI=1S/C11H19NS/c1-10(2)8-12-13-9-11-6-4-3-5-7-11/h4,6-7,10,12H,3,5,8-9H2,1-2H3. The molecule has 0 amide bonds. The molecular formula is C11H19NS. The minimum absolute atomic E-state index is 0.739. The number of hydrogen-bond donors (Lipinski definition) is 1. The van der Waals surface area contributed by atoms with Crippen LogP contribution in [0.15, 0.2) is 23.8 Å². The highest BCUT2D eigenvalue weighted by atomic mass is 32.2. The van der Waals surface area contributed by atoms with Gasteiger partial charge in [0.15, 0.2) is 0 Å². The molecule has 74 valence electrons. The molecule has 1 aliphatic rings. The van der Waals surface area contributed by atoms with Crippen LogP contribution >= 0.6 is 11.9 Å². The summed E-state index contributed by atoms with van der Waals surface area (Å²) in [5.74, 6) is 1.84. The van der Waals surface area contributed by atoms with Crippen molar-refractivity contribution in [3.8, 4) is 0 Å². The summed E-state index contributed by atoms with van der Waals surface area (Å²) < 4.78 is 3.37. The van der Waals surface area contributed by atoms with E-state index in [0.717, 1.165) is 18.2 Å². The average Bonchev–Trinajstić information content (AvgIpc) is 2.14. The molecule has 0 saturated heterocycles. The molecule has 0 saturated carbocycles. The van der Waals surface area contributed by atoms with Crippen LogP contribution in [-0.2, 0) is 0 Å². The van der Waals surface area contributed by atoms with Gasteiger partial charge in [0.05, 0.1) is 0 Å². The molecule has 1 N–H and O–H groups in total. The lowest BCUT2D eigenvalue weighted by molar-refractivity contribution is 0.640. The SMILES string of the molecule is CC(C)CNSCC1=CCCC=C1. The Balaban J connectivity index is 2.05. The van der Waals surface area contributed by atoms with Crippen LogP contribution in [0.1, 0.15) is 26.7 Å². The summed E-state index contributed by atoms with van der Waals surface area (Å²) in [6, 6.07) is 0. The summed E-state index contributed by atoms with van der Waals surface area (Å²) in [4.78, 5) is 0. The second-order valence-electron chi connectivity index (χ2n) is 3.79. The van der Waals surface area contributed by atoms with Gasteiger partial charge in [0, 0.05) is 12.3 Å². The molecule has 1 rings (SSSR count). The van der Waals surface area contributed by atoms with Crippen molar-refractivity contribution < 1.29 is 0 Å². The van der Waals surface area contributed by atoms with Gasteiger partial charge in [-0.15, -0.1) is 0 Å². The van der Waals surface area contributed by atoms with E-state index in [-0.39, 0.29) is 0 Å². The third-order valence-electron chi connectivity index (χ3n) is 1.90. The van der Waals surface area contributed by atoms with E-state index >= 15 is 0 Å². The first-order valence-electron chi connectivity index (χ1n) is 4.99. The average molecular weight is 197 g/mol. The zero-order valence-electron chi connectivity index (χ0n) is 8.55. The van der Waals surface area contributed by atoms with Crippen molar-refractivity contribution in [2.75, 3.05) is 12.3 Å². The predicted octanol–water partition coefficient (Wildman–Crippen LogP) is 3.16. The fourth-order valence-electron chi connectivity index (χ4n) is 1.13. The maximum atomic E-state index is 3.37. The predicted molar refractivity (Wildman–Crippen MR) is 61.8 cm³/mol. The van der Waals surface area contributed by atoms with Crippen LogP contribution in [0.5, 0.6) is 0 Å². The van der Waals surface area contributed by atoms with E-state index < -0.39 is 0 Å². The van der Waals surface area contributed by atoms with Crippen molar-refractivity contribution in [1.29, 1.82) is 0 Å². The molecule has 0 aromatic rings. The van der Waals surface area contributed by atoms with Crippen LogP contribution in [0.25, 0.3) is 0 Å². The second-order valence-corrected chi connectivity index (χ2v) is 4.66. The summed E-state index contributed by atoms with van der Waals surface area (Å²) >= 11 is 1.82. The lowest BCUT2D eigenvalue weighted by Crippen LogP contribution is -2.12. The minimum atomic E-state index is 0.739. The highest BCUT2D eigenvalue weighted by Gasteiger charge is 1.98. The number of nitrogens with one attached hydrogen (secondary N) is 1. The van der Waals surface area contributed by atoms with Crippen LogP contribution < -0.4 is 4.72 Å². The molecule has 1 nitrogen and oxygen atoms in total. The van der Waals surface area contributed by atoms with Crippen LogP contribution in [-0.4, -0.2) is 12.3 Å². The monoisotopic (exact) mass is 197 g/mol. The van der Waals surface area contributed by atoms with Crippen LogP contribution in [0.4, 0.5) is 0 Å². The summed E-state index contributed by atoms with van der Waals surface area (Å²) in [7, 11) is 0. The first-order valence-corrected chi connectivity index (χ1v) is 5.98. The van der Waals surface area contributed by atoms with Gasteiger partial charge in [0.1, 0.15) is 0 Å². The quantitative estimate of drug-likeness (QED) is 0.537. The Hall–Kier alpha value is -0.210. The lowest BCUT2D eigenvalue weighted by Gasteiger charge is -2.08. The molecule has 0 spiro atoms. The van der Waals surface area contributed by atoms with Crippen molar-refractivity contribution in [2.45, 2.75) is 26.7 Å². The Labute approximate surface area is 85.8 Å². The van der Waals surface area contributed by atoms with Crippen molar-refractivity contribution in [2.24, 2.45) is 5.92 Å². The molecular weight excluding hydrogens is 178 g/mol. The zero-order chi connectivity index (χ0) is 9.52. The molecule has 0 aromatic carbocycles. The van der Waals surface area contributed by atoms with E-state index in [1.54, 1.807) is 0 Å². The van der Waals surface area contributed by atoms with Gasteiger partial charge in [-0.3, -0.25) is 4.72 Å². The van der Waals surface area contributed by atoms with Crippen LogP contribution in [0.2, 0.25) is 0 Å². The van der Waals surface area contributed by atoms with E-state index in [1.807, 2.05) is 11.9 Å². The molecule has 2 heteroatoms. The molecule has 0 atom stereocenters. The molecule has 0 unspecified atom stereocenters. The Morgan fingerprint density at radius 1 is 1.46 bits per heavy atom. The smallest absolute Gasteiger partial charge is 0.0327 e. The highest BCUT2D eigenvalue weighted by molar-refractivity contribution is 7.97. The summed E-state index contributed by atoms with van der Waals surface area (Å²) in [5.41, 5.74) is 1.47. The van der Waals surface area contributed by atoms with Gasteiger partial charge in [0.2, 0.25) is 0 Å². The number of hydrogen-bond acceptors (Lipinski definition) is 2. The normalized spacial score (nSPS) is 16.4. The van der Waals surface area contributed by atoms with Gasteiger partial charge in [-0.2, -0.15) is 0 Å². The summed E-state index contributed by atoms with van der Waals surface area (Å²) in [6.45, 7) is 5.56. The fraction of sp³-hybridized carbons (Fsp3) is 0.636. The number of rotatable bonds is 5. The van der Waals surface area contributed by atoms with Crippen molar-refractivity contribution in [3.05, 3.63) is 23.8 Å². The van der Waals surface area contributed by atoms with Gasteiger partial charge in [-0.05, 0) is 24.3 Å². The molecule has 0 radical (unpaired) electrons. The molecule has 0 aliphatic heterocycles. The fourth-order valence-corrected chi connectivity index (χ4v) is 2.07. The molecule has 1 aliphatic carbocycles. The van der Waals surface area contributed by atoms with Gasteiger partial charge in [0.25, 0.3) is 0 Å². The Kier molecular flexibility index (Phi) is 5.25. The van der Waals surface area contributed by atoms with Gasteiger partial charge >= 0.3 is 0 Å². The maximum absolute atomic E-state index is 3.37. The first kappa shape index (κ1) is 10.9. The number of allylic oxidation sites excluding steroid dienone is 3. The van der Waals surface area contributed by atoms with Crippen LogP contribution in [0.3, 0.4) is 0 Å². The van der Waals surface area contributed by atoms with Gasteiger partial charge < -0.3 is 0 Å². The lowest BCUT2D eigenvalue weighted by atomic mass is 10.1. The Morgan fingerprint density at radius 2 is 2.31 bits per heavy atom. The Bertz CT molecular complexity index is 194. The highest BCUT2D eigenvalue weighted by Crippen LogP contribution is 2.13. The van der Waals surface area contributed by atoms with E-state index in [1.165, 1.54) is 18.4 Å².